The van der Waals surface area contributed by atoms with Crippen LogP contribution >= 0.6 is 46.4 Å². The molecule has 0 radical (unpaired) electrons. The highest BCUT2D eigenvalue weighted by Gasteiger charge is 2.34. The largest absolute Gasteiger partial charge is 0.397 e. The minimum atomic E-state index is -0.992. The van der Waals surface area contributed by atoms with Crippen LogP contribution in [0.25, 0.3) is 28.0 Å². The summed E-state index contributed by atoms with van der Waals surface area (Å²) in [6.45, 7) is 12.3. The summed E-state index contributed by atoms with van der Waals surface area (Å²) in [5.41, 5.74) is 7.13. The molecular formula is C32H30Cl4FN7O2. The fourth-order valence-electron chi connectivity index (χ4n) is 6.09. The standard InChI is InChI=1S/C32H30Cl4FN7O2/c1-6-20(45)43-10-9-42(13-16(43)5)30-17-11-19(33)28(21-22(34)23(35)25(37)24(36)26(21)39)41-31(17)44(32(46)18(30)12-38)29-15(4)7-8-40-27(29)14(2)3/h6-8,11,14,16,27,40H,1,9-10,13,39H2,2-5H3/t16-,27?/m1/s1. The number of halogens is 5. The lowest BCUT2D eigenvalue weighted by molar-refractivity contribution is -0.128. The van der Waals surface area contributed by atoms with Crippen molar-refractivity contribution in [2.45, 2.75) is 39.8 Å². The molecule has 2 aromatic heterocycles. The lowest BCUT2D eigenvalue weighted by atomic mass is 9.94. The smallest absolute Gasteiger partial charge is 0.276 e. The Bertz CT molecular complexity index is 1950. The molecule has 240 valence electrons. The maximum atomic E-state index is 14.7. The maximum absolute atomic E-state index is 14.7. The highest BCUT2D eigenvalue weighted by Crippen LogP contribution is 2.47. The quantitative estimate of drug-likeness (QED) is 0.129. The van der Waals surface area contributed by atoms with Crippen molar-refractivity contribution < 1.29 is 9.18 Å². The van der Waals surface area contributed by atoms with Gasteiger partial charge in [-0.2, -0.15) is 5.26 Å². The van der Waals surface area contributed by atoms with E-state index in [9.17, 15) is 19.2 Å². The predicted molar refractivity (Wildman–Crippen MR) is 184 cm³/mol. The molecule has 4 heterocycles. The molecule has 0 saturated carbocycles. The Morgan fingerprint density at radius 2 is 1.93 bits per heavy atom. The van der Waals surface area contributed by atoms with Crippen LogP contribution < -0.4 is 21.5 Å². The molecule has 2 aliphatic heterocycles. The molecule has 3 aromatic rings. The Morgan fingerprint density at radius 3 is 2.54 bits per heavy atom. The van der Waals surface area contributed by atoms with Crippen LogP contribution in [-0.4, -0.2) is 52.1 Å². The molecule has 9 nitrogen and oxygen atoms in total. The molecule has 0 aliphatic carbocycles. The summed E-state index contributed by atoms with van der Waals surface area (Å²) in [7, 11) is 0. The number of aromatic nitrogens is 2. The Kier molecular flexibility index (Phi) is 9.35. The number of fused-ring (bicyclic) bond motifs is 1. The number of allylic oxidation sites excluding steroid dienone is 2. The molecule has 0 spiro atoms. The molecular weight excluding hydrogens is 675 g/mol. The van der Waals surface area contributed by atoms with Crippen molar-refractivity contribution in [2.75, 3.05) is 30.3 Å². The molecule has 1 unspecified atom stereocenters. The van der Waals surface area contributed by atoms with Gasteiger partial charge in [0.1, 0.15) is 22.3 Å². The zero-order chi connectivity index (χ0) is 33.8. The number of carbonyl (C=O) groups excluding carboxylic acids is 1. The van der Waals surface area contributed by atoms with Crippen LogP contribution in [0.4, 0.5) is 15.8 Å². The first kappa shape index (κ1) is 33.6. The number of benzene rings is 1. The number of amides is 1. The first-order valence-electron chi connectivity index (χ1n) is 14.4. The average Bonchev–Trinajstić information content (AvgIpc) is 3.02. The van der Waals surface area contributed by atoms with Crippen molar-refractivity contribution in [1.82, 2.24) is 19.8 Å². The fourth-order valence-corrected chi connectivity index (χ4v) is 7.04. The molecule has 5 rings (SSSR count). The fraction of sp³-hybridized carbons (Fsp3) is 0.312. The van der Waals surface area contributed by atoms with Gasteiger partial charge in [-0.15, -0.1) is 0 Å². The summed E-state index contributed by atoms with van der Waals surface area (Å²) < 4.78 is 16.1. The topological polar surface area (TPSA) is 120 Å². The molecule has 46 heavy (non-hydrogen) atoms. The molecule has 3 N–H and O–H groups in total. The summed E-state index contributed by atoms with van der Waals surface area (Å²) in [5.74, 6) is -1.19. The van der Waals surface area contributed by atoms with Crippen LogP contribution in [0.5, 0.6) is 0 Å². The lowest BCUT2D eigenvalue weighted by Gasteiger charge is -2.41. The van der Waals surface area contributed by atoms with E-state index in [1.54, 1.807) is 17.2 Å². The number of nitrogen functional groups attached to an aromatic ring is 1. The number of nitrogens with one attached hydrogen (secondary N) is 1. The second kappa shape index (κ2) is 12.8. The average molecular weight is 705 g/mol. The van der Waals surface area contributed by atoms with Gasteiger partial charge in [-0.3, -0.25) is 14.2 Å². The van der Waals surface area contributed by atoms with E-state index in [0.29, 0.717) is 36.4 Å². The van der Waals surface area contributed by atoms with Gasteiger partial charge in [0.05, 0.1) is 43.9 Å². The lowest BCUT2D eigenvalue weighted by Crippen LogP contribution is -2.54. The minimum Gasteiger partial charge on any atom is -0.397 e. The van der Waals surface area contributed by atoms with Gasteiger partial charge < -0.3 is 20.9 Å². The van der Waals surface area contributed by atoms with Crippen molar-refractivity contribution in [2.24, 2.45) is 5.92 Å². The van der Waals surface area contributed by atoms with E-state index >= 15 is 0 Å². The molecule has 0 bridgehead atoms. The van der Waals surface area contributed by atoms with Crippen LogP contribution in [-0.2, 0) is 4.79 Å². The van der Waals surface area contributed by atoms with Gasteiger partial charge in [0.25, 0.3) is 5.56 Å². The van der Waals surface area contributed by atoms with Crippen LogP contribution in [0.1, 0.15) is 33.3 Å². The molecule has 2 atom stereocenters. The number of rotatable bonds is 5. The van der Waals surface area contributed by atoms with Crippen molar-refractivity contribution >= 4 is 80.4 Å². The van der Waals surface area contributed by atoms with Gasteiger partial charge in [0, 0.05) is 36.6 Å². The Labute approximate surface area is 285 Å². The summed E-state index contributed by atoms with van der Waals surface area (Å²) in [6, 6.07) is 3.11. The Morgan fingerprint density at radius 1 is 1.24 bits per heavy atom. The number of hydrogen-bond acceptors (Lipinski definition) is 7. The van der Waals surface area contributed by atoms with Gasteiger partial charge in [0.15, 0.2) is 5.82 Å². The number of carbonyl (C=O) groups is 1. The number of nitriles is 1. The molecule has 1 saturated heterocycles. The molecule has 14 heteroatoms. The van der Waals surface area contributed by atoms with Crippen LogP contribution in [0.15, 0.2) is 41.4 Å². The van der Waals surface area contributed by atoms with Crippen molar-refractivity contribution in [3.8, 4) is 17.3 Å². The predicted octanol–water partition coefficient (Wildman–Crippen LogP) is 6.87. The van der Waals surface area contributed by atoms with E-state index in [0.717, 1.165) is 5.57 Å². The summed E-state index contributed by atoms with van der Waals surface area (Å²) >= 11 is 25.8. The van der Waals surface area contributed by atoms with Crippen molar-refractivity contribution in [1.29, 1.82) is 5.26 Å². The summed E-state index contributed by atoms with van der Waals surface area (Å²) in [6.07, 6.45) is 4.89. The third-order valence-electron chi connectivity index (χ3n) is 8.35. The molecule has 1 aromatic carbocycles. The number of anilines is 2. The minimum absolute atomic E-state index is 0.00664. The monoisotopic (exact) mass is 703 g/mol. The van der Waals surface area contributed by atoms with Gasteiger partial charge in [-0.25, -0.2) is 9.37 Å². The second-order valence-corrected chi connectivity index (χ2v) is 13.1. The number of dihydropyridines is 1. The number of hydrogen-bond donors (Lipinski definition) is 2. The zero-order valence-corrected chi connectivity index (χ0v) is 28.4. The van der Waals surface area contributed by atoms with Gasteiger partial charge >= 0.3 is 0 Å². The summed E-state index contributed by atoms with van der Waals surface area (Å²) in [5, 5.41) is 13.1. The van der Waals surface area contributed by atoms with Gasteiger partial charge in [-0.1, -0.05) is 66.8 Å². The van der Waals surface area contributed by atoms with E-state index in [4.69, 9.17) is 57.1 Å². The van der Waals surface area contributed by atoms with E-state index < -0.39 is 21.4 Å². The van der Waals surface area contributed by atoms with Gasteiger partial charge in [0.2, 0.25) is 5.91 Å². The second-order valence-electron chi connectivity index (χ2n) is 11.5. The Balaban J connectivity index is 1.91. The first-order chi connectivity index (χ1) is 21.7. The highest BCUT2D eigenvalue weighted by atomic mass is 35.5. The number of piperazine rings is 1. The zero-order valence-electron chi connectivity index (χ0n) is 25.4. The van der Waals surface area contributed by atoms with E-state index in [1.165, 1.54) is 10.6 Å². The normalized spacial score (nSPS) is 18.3. The van der Waals surface area contributed by atoms with Gasteiger partial charge in [-0.05, 0) is 49.8 Å². The number of nitrogens with two attached hydrogens (primary N) is 1. The highest BCUT2D eigenvalue weighted by molar-refractivity contribution is 6.47. The molecule has 1 amide bonds. The molecule has 1 fully saturated rings. The van der Waals surface area contributed by atoms with Crippen molar-refractivity contribution in [3.63, 3.8) is 0 Å². The third kappa shape index (κ3) is 5.39. The summed E-state index contributed by atoms with van der Waals surface area (Å²) in [4.78, 5) is 35.4. The Hall–Kier alpha value is -3.75. The van der Waals surface area contributed by atoms with E-state index in [1.807, 2.05) is 38.7 Å². The SMILES string of the molecule is C=CC(=O)N1CCN(c2c(C#N)c(=O)n(C3=C(C)C=CNC3C(C)C)c3nc(-c4c(N)c(Cl)c(F)c(Cl)c4Cl)c(Cl)cc23)C[C@H]1C. The maximum Gasteiger partial charge on any atom is 0.276 e. The van der Waals surface area contributed by atoms with Crippen LogP contribution in [0, 0.1) is 23.1 Å². The van der Waals surface area contributed by atoms with E-state index in [2.05, 4.69) is 18.0 Å². The van der Waals surface area contributed by atoms with Crippen LogP contribution in [0.3, 0.4) is 0 Å². The van der Waals surface area contributed by atoms with E-state index in [-0.39, 0.29) is 62.1 Å². The third-order valence-corrected chi connectivity index (χ3v) is 9.83. The molecule has 2 aliphatic rings. The van der Waals surface area contributed by atoms with Crippen LogP contribution in [0.2, 0.25) is 20.1 Å². The number of nitrogens with zero attached hydrogens (tertiary/aromatic N) is 5. The van der Waals surface area contributed by atoms with Crippen molar-refractivity contribution in [3.05, 3.63) is 78.4 Å². The number of pyridine rings is 2. The first-order valence-corrected chi connectivity index (χ1v) is 15.9.